The van der Waals surface area contributed by atoms with Crippen LogP contribution in [0.4, 0.5) is 0 Å². The van der Waals surface area contributed by atoms with Crippen molar-refractivity contribution in [2.75, 3.05) is 6.54 Å². The monoisotopic (exact) mass is 232 g/mol. The van der Waals surface area contributed by atoms with Crippen LogP contribution < -0.4 is 5.73 Å². The molecule has 2 rings (SSSR count). The predicted octanol–water partition coefficient (Wildman–Crippen LogP) is 2.05. The molecule has 92 valence electrons. The Morgan fingerprint density at radius 1 is 1.12 bits per heavy atom. The van der Waals surface area contributed by atoms with E-state index in [2.05, 4.69) is 12.1 Å². The van der Waals surface area contributed by atoms with Gasteiger partial charge in [0.05, 0.1) is 0 Å². The maximum Gasteiger partial charge on any atom is 0.223 e. The van der Waals surface area contributed by atoms with E-state index >= 15 is 0 Å². The van der Waals surface area contributed by atoms with Gasteiger partial charge in [-0.3, -0.25) is 4.79 Å². The first-order valence-electron chi connectivity index (χ1n) is 6.36. The maximum atomic E-state index is 12.0. The number of nitrogens with two attached hydrogens (primary N) is 1. The Bertz CT molecular complexity index is 365. The van der Waals surface area contributed by atoms with Gasteiger partial charge in [0.25, 0.3) is 0 Å². The van der Waals surface area contributed by atoms with Crippen molar-refractivity contribution in [2.45, 2.75) is 38.8 Å². The van der Waals surface area contributed by atoms with Crippen LogP contribution in [0.15, 0.2) is 24.3 Å². The molecule has 0 aliphatic carbocycles. The molecule has 17 heavy (non-hydrogen) atoms. The summed E-state index contributed by atoms with van der Waals surface area (Å²) in [4.78, 5) is 13.9. The highest BCUT2D eigenvalue weighted by molar-refractivity contribution is 5.76. The highest BCUT2D eigenvalue weighted by Gasteiger charge is 2.21. The molecule has 0 unspecified atom stereocenters. The third-order valence-corrected chi connectivity index (χ3v) is 3.29. The highest BCUT2D eigenvalue weighted by Crippen LogP contribution is 2.23. The van der Waals surface area contributed by atoms with E-state index in [9.17, 15) is 4.79 Å². The lowest BCUT2D eigenvalue weighted by molar-refractivity contribution is -0.131. The molecule has 2 N–H and O–H groups in total. The highest BCUT2D eigenvalue weighted by atomic mass is 16.2. The van der Waals surface area contributed by atoms with Gasteiger partial charge in [0.2, 0.25) is 5.91 Å². The maximum absolute atomic E-state index is 12.0. The molecular formula is C14H20N2O. The van der Waals surface area contributed by atoms with Gasteiger partial charge in [0.15, 0.2) is 0 Å². The van der Waals surface area contributed by atoms with Crippen molar-refractivity contribution in [3.8, 4) is 0 Å². The van der Waals surface area contributed by atoms with E-state index < -0.39 is 0 Å². The van der Waals surface area contributed by atoms with Crippen molar-refractivity contribution in [3.05, 3.63) is 35.4 Å². The summed E-state index contributed by atoms with van der Waals surface area (Å²) >= 11 is 0. The molecule has 0 saturated heterocycles. The molecule has 0 fully saturated rings. The molecule has 0 bridgehead atoms. The van der Waals surface area contributed by atoms with Crippen LogP contribution in [-0.4, -0.2) is 17.4 Å². The van der Waals surface area contributed by atoms with Crippen molar-refractivity contribution in [1.82, 2.24) is 4.90 Å². The van der Waals surface area contributed by atoms with E-state index in [4.69, 9.17) is 5.73 Å². The summed E-state index contributed by atoms with van der Waals surface area (Å²) in [5, 5.41) is 0. The first-order chi connectivity index (χ1) is 8.31. The second kappa shape index (κ2) is 5.82. The first kappa shape index (κ1) is 12.1. The molecule has 0 saturated carbocycles. The molecule has 1 amide bonds. The number of rotatable bonds is 5. The molecule has 1 heterocycles. The smallest absolute Gasteiger partial charge is 0.223 e. The minimum atomic E-state index is 0.276. The van der Waals surface area contributed by atoms with Gasteiger partial charge in [-0.05, 0) is 30.5 Å². The fourth-order valence-corrected chi connectivity index (χ4v) is 2.26. The summed E-state index contributed by atoms with van der Waals surface area (Å²) in [5.41, 5.74) is 8.02. The molecule has 0 spiro atoms. The molecule has 0 atom stereocenters. The number of fused-ring (bicyclic) bond motifs is 1. The molecule has 1 aromatic carbocycles. The number of nitrogens with zero attached hydrogens (tertiary/aromatic N) is 1. The summed E-state index contributed by atoms with van der Waals surface area (Å²) in [6, 6.07) is 8.29. The fourth-order valence-electron chi connectivity index (χ4n) is 2.26. The van der Waals surface area contributed by atoms with Crippen LogP contribution in [0.3, 0.4) is 0 Å². The number of benzene rings is 1. The van der Waals surface area contributed by atoms with Gasteiger partial charge < -0.3 is 10.6 Å². The standard InChI is InChI=1S/C14H20N2O/c15-9-5-1-2-8-14(17)16-10-12-6-3-4-7-13(12)11-16/h3-4,6-7H,1-2,5,8-11,15H2. The lowest BCUT2D eigenvalue weighted by Gasteiger charge is -2.15. The molecule has 0 aromatic heterocycles. The van der Waals surface area contributed by atoms with Crippen LogP contribution in [0.25, 0.3) is 0 Å². The lowest BCUT2D eigenvalue weighted by atomic mass is 10.1. The van der Waals surface area contributed by atoms with Crippen molar-refractivity contribution in [3.63, 3.8) is 0 Å². The number of hydrogen-bond acceptors (Lipinski definition) is 2. The van der Waals surface area contributed by atoms with Crippen LogP contribution in [0.5, 0.6) is 0 Å². The van der Waals surface area contributed by atoms with Crippen molar-refractivity contribution < 1.29 is 4.79 Å². The Kier molecular flexibility index (Phi) is 4.15. The number of unbranched alkanes of at least 4 members (excludes halogenated alkanes) is 2. The Balaban J connectivity index is 1.80. The molecule has 1 aliphatic rings. The summed E-state index contributed by atoms with van der Waals surface area (Å²) in [7, 11) is 0. The van der Waals surface area contributed by atoms with Gasteiger partial charge in [-0.15, -0.1) is 0 Å². The van der Waals surface area contributed by atoms with Gasteiger partial charge in [-0.25, -0.2) is 0 Å². The van der Waals surface area contributed by atoms with E-state index in [0.29, 0.717) is 6.42 Å². The Morgan fingerprint density at radius 3 is 2.35 bits per heavy atom. The quantitative estimate of drug-likeness (QED) is 0.790. The van der Waals surface area contributed by atoms with Gasteiger partial charge in [0.1, 0.15) is 0 Å². The normalized spacial score (nSPS) is 13.8. The fraction of sp³-hybridized carbons (Fsp3) is 0.500. The average molecular weight is 232 g/mol. The summed E-state index contributed by atoms with van der Waals surface area (Å²) in [6.45, 7) is 2.29. The van der Waals surface area contributed by atoms with Gasteiger partial charge in [-0.2, -0.15) is 0 Å². The summed E-state index contributed by atoms with van der Waals surface area (Å²) in [6.07, 6.45) is 3.70. The Morgan fingerprint density at radius 2 is 1.76 bits per heavy atom. The van der Waals surface area contributed by atoms with E-state index in [1.165, 1.54) is 11.1 Å². The number of carbonyl (C=O) groups is 1. The lowest BCUT2D eigenvalue weighted by Crippen LogP contribution is -2.24. The van der Waals surface area contributed by atoms with Crippen molar-refractivity contribution >= 4 is 5.91 Å². The minimum Gasteiger partial charge on any atom is -0.334 e. The summed E-state index contributed by atoms with van der Waals surface area (Å²) in [5.74, 6) is 0.276. The van der Waals surface area contributed by atoms with Crippen molar-refractivity contribution in [2.24, 2.45) is 5.73 Å². The molecule has 1 aliphatic heterocycles. The SMILES string of the molecule is NCCCCCC(=O)N1Cc2ccccc2C1. The van der Waals surface area contributed by atoms with Crippen LogP contribution in [0.2, 0.25) is 0 Å². The predicted molar refractivity (Wildman–Crippen MR) is 68.2 cm³/mol. The van der Waals surface area contributed by atoms with E-state index in [-0.39, 0.29) is 5.91 Å². The van der Waals surface area contributed by atoms with Crippen LogP contribution in [0.1, 0.15) is 36.8 Å². The average Bonchev–Trinajstić information content (AvgIpc) is 2.78. The molecule has 3 heteroatoms. The van der Waals surface area contributed by atoms with E-state index in [1.54, 1.807) is 0 Å². The van der Waals surface area contributed by atoms with Crippen LogP contribution in [-0.2, 0) is 17.9 Å². The second-order valence-corrected chi connectivity index (χ2v) is 4.62. The van der Waals surface area contributed by atoms with E-state index in [0.717, 1.165) is 38.9 Å². The molecule has 1 aromatic rings. The zero-order valence-electron chi connectivity index (χ0n) is 10.2. The van der Waals surface area contributed by atoms with Gasteiger partial charge in [-0.1, -0.05) is 30.7 Å². The second-order valence-electron chi connectivity index (χ2n) is 4.62. The molecule has 0 radical (unpaired) electrons. The number of hydrogen-bond donors (Lipinski definition) is 1. The minimum absolute atomic E-state index is 0.276. The first-order valence-corrected chi connectivity index (χ1v) is 6.36. The zero-order chi connectivity index (χ0) is 12.1. The Labute approximate surface area is 103 Å². The molecule has 3 nitrogen and oxygen atoms in total. The third kappa shape index (κ3) is 3.07. The molecular weight excluding hydrogens is 212 g/mol. The zero-order valence-corrected chi connectivity index (χ0v) is 10.2. The largest absolute Gasteiger partial charge is 0.334 e. The van der Waals surface area contributed by atoms with Gasteiger partial charge in [0, 0.05) is 19.5 Å². The summed E-state index contributed by atoms with van der Waals surface area (Å²) < 4.78 is 0. The van der Waals surface area contributed by atoms with Crippen molar-refractivity contribution in [1.29, 1.82) is 0 Å². The van der Waals surface area contributed by atoms with E-state index in [1.807, 2.05) is 17.0 Å². The third-order valence-electron chi connectivity index (χ3n) is 3.29. The topological polar surface area (TPSA) is 46.3 Å². The Hall–Kier alpha value is -1.35. The number of amides is 1. The van der Waals surface area contributed by atoms with Gasteiger partial charge >= 0.3 is 0 Å². The number of carbonyl (C=O) groups excluding carboxylic acids is 1. The van der Waals surface area contributed by atoms with Crippen LogP contribution in [0, 0.1) is 0 Å². The van der Waals surface area contributed by atoms with Crippen LogP contribution >= 0.6 is 0 Å².